The van der Waals surface area contributed by atoms with Gasteiger partial charge in [0.15, 0.2) is 0 Å². The average molecular weight is 308 g/mol. The number of rotatable bonds is 6. The molecule has 0 radical (unpaired) electrons. The third kappa shape index (κ3) is 3.77. The van der Waals surface area contributed by atoms with Gasteiger partial charge in [-0.3, -0.25) is 4.68 Å². The van der Waals surface area contributed by atoms with Crippen LogP contribution in [0.1, 0.15) is 43.8 Å². The molecule has 0 aliphatic heterocycles. The van der Waals surface area contributed by atoms with Crippen LogP contribution in [0, 0.1) is 0 Å². The molecule has 0 saturated carbocycles. The van der Waals surface area contributed by atoms with Gasteiger partial charge >= 0.3 is 0 Å². The van der Waals surface area contributed by atoms with Crippen molar-refractivity contribution in [2.45, 2.75) is 46.4 Å². The van der Waals surface area contributed by atoms with Gasteiger partial charge in [0.2, 0.25) is 0 Å². The number of hydrogen-bond donors (Lipinski definition) is 1. The van der Waals surface area contributed by atoms with Crippen molar-refractivity contribution in [3.05, 3.63) is 46.2 Å². The Morgan fingerprint density at radius 3 is 2.71 bits per heavy atom. The number of halogens is 1. The normalized spacial score (nSPS) is 12.4. The molecule has 0 saturated heterocycles. The molecule has 2 aromatic rings. The Bertz CT molecular complexity index is 608. The van der Waals surface area contributed by atoms with E-state index in [1.807, 2.05) is 29.8 Å². The Morgan fingerprint density at radius 2 is 2.10 bits per heavy atom. The molecular formula is C16H22ClN3O. The van der Waals surface area contributed by atoms with Crippen LogP contribution in [0.2, 0.25) is 5.02 Å². The van der Waals surface area contributed by atoms with Crippen LogP contribution in [0.15, 0.2) is 24.3 Å². The van der Waals surface area contributed by atoms with Crippen LogP contribution in [-0.2, 0) is 19.6 Å². The second-order valence-corrected chi connectivity index (χ2v) is 5.49. The molecule has 1 aromatic carbocycles. The van der Waals surface area contributed by atoms with Gasteiger partial charge in [0.1, 0.15) is 12.4 Å². The average Bonchev–Trinajstić information content (AvgIpc) is 2.88. The first-order chi connectivity index (χ1) is 10.0. The Kier molecular flexibility index (Phi) is 5.26. The van der Waals surface area contributed by atoms with E-state index in [2.05, 4.69) is 25.0 Å². The van der Waals surface area contributed by atoms with Gasteiger partial charge in [-0.05, 0) is 44.5 Å². The largest absolute Gasteiger partial charge is 0.487 e. The topological polar surface area (TPSA) is 53.1 Å². The number of aromatic nitrogens is 2. The van der Waals surface area contributed by atoms with E-state index in [4.69, 9.17) is 22.1 Å². The third-order valence-corrected chi connectivity index (χ3v) is 3.65. The summed E-state index contributed by atoms with van der Waals surface area (Å²) in [6.07, 6.45) is 0.923. The van der Waals surface area contributed by atoms with Crippen LogP contribution in [0.3, 0.4) is 0 Å². The van der Waals surface area contributed by atoms with E-state index in [1.165, 1.54) is 0 Å². The van der Waals surface area contributed by atoms with Crippen molar-refractivity contribution in [3.8, 4) is 5.75 Å². The van der Waals surface area contributed by atoms with Crippen LogP contribution in [-0.4, -0.2) is 9.78 Å². The van der Waals surface area contributed by atoms with Crippen LogP contribution in [0.25, 0.3) is 0 Å². The van der Waals surface area contributed by atoms with Gasteiger partial charge in [-0.25, -0.2) is 0 Å². The molecule has 1 atom stereocenters. The summed E-state index contributed by atoms with van der Waals surface area (Å²) in [6.45, 7) is 7.40. The van der Waals surface area contributed by atoms with Crippen molar-refractivity contribution in [1.29, 1.82) is 0 Å². The van der Waals surface area contributed by atoms with E-state index in [9.17, 15) is 0 Å². The maximum Gasteiger partial charge on any atom is 0.130 e. The zero-order valence-corrected chi connectivity index (χ0v) is 13.5. The second-order valence-electron chi connectivity index (χ2n) is 5.06. The van der Waals surface area contributed by atoms with Gasteiger partial charge in [-0.2, -0.15) is 5.10 Å². The lowest BCUT2D eigenvalue weighted by Crippen LogP contribution is -2.10. The fraction of sp³-hybridized carbons (Fsp3) is 0.438. The first kappa shape index (κ1) is 15.9. The molecule has 1 heterocycles. The fourth-order valence-electron chi connectivity index (χ4n) is 2.24. The Labute approximate surface area is 130 Å². The Hall–Kier alpha value is -1.52. The lowest BCUT2D eigenvalue weighted by atomic mass is 10.1. The number of nitrogens with two attached hydrogens (primary N) is 1. The molecule has 0 aliphatic carbocycles. The Morgan fingerprint density at radius 1 is 1.33 bits per heavy atom. The number of nitrogens with zero attached hydrogens (tertiary/aromatic N) is 2. The molecule has 0 aliphatic rings. The summed E-state index contributed by atoms with van der Waals surface area (Å²) >= 11 is 6.02. The minimum atomic E-state index is -0.124. The van der Waals surface area contributed by atoms with Crippen molar-refractivity contribution in [2.75, 3.05) is 0 Å². The molecule has 1 aromatic heterocycles. The summed E-state index contributed by atoms with van der Waals surface area (Å²) in [5, 5.41) is 5.19. The highest BCUT2D eigenvalue weighted by Crippen LogP contribution is 2.28. The van der Waals surface area contributed by atoms with Gasteiger partial charge in [0, 0.05) is 23.2 Å². The fourth-order valence-corrected chi connectivity index (χ4v) is 2.42. The maximum atomic E-state index is 6.02. The molecule has 4 nitrogen and oxygen atoms in total. The monoisotopic (exact) mass is 307 g/mol. The highest BCUT2D eigenvalue weighted by Gasteiger charge is 2.11. The van der Waals surface area contributed by atoms with Crippen molar-refractivity contribution >= 4 is 11.6 Å². The second kappa shape index (κ2) is 6.96. The van der Waals surface area contributed by atoms with Crippen LogP contribution < -0.4 is 10.5 Å². The van der Waals surface area contributed by atoms with E-state index in [1.54, 1.807) is 0 Å². The van der Waals surface area contributed by atoms with Crippen LogP contribution in [0.5, 0.6) is 5.75 Å². The van der Waals surface area contributed by atoms with Gasteiger partial charge in [-0.15, -0.1) is 0 Å². The van der Waals surface area contributed by atoms with E-state index in [0.29, 0.717) is 11.6 Å². The molecule has 5 heteroatoms. The predicted octanol–water partition coefficient (Wildman–Crippen LogP) is 3.72. The van der Waals surface area contributed by atoms with E-state index >= 15 is 0 Å². The SMILES string of the molecule is CCc1cc(COc2ccc(Cl)cc2[C@H](C)N)n(CC)n1. The first-order valence-corrected chi connectivity index (χ1v) is 7.66. The number of ether oxygens (including phenoxy) is 1. The quantitative estimate of drug-likeness (QED) is 0.885. The minimum Gasteiger partial charge on any atom is -0.487 e. The number of benzene rings is 1. The van der Waals surface area contributed by atoms with Crippen LogP contribution >= 0.6 is 11.6 Å². The summed E-state index contributed by atoms with van der Waals surface area (Å²) in [5.41, 5.74) is 9.05. The minimum absolute atomic E-state index is 0.124. The molecule has 2 rings (SSSR count). The van der Waals surface area contributed by atoms with Gasteiger partial charge in [-0.1, -0.05) is 18.5 Å². The summed E-state index contributed by atoms with van der Waals surface area (Å²) in [6, 6.07) is 7.51. The standard InChI is InChI=1S/C16H22ClN3O/c1-4-13-9-14(20(5-2)19-13)10-21-16-7-6-12(17)8-15(16)11(3)18/h6-9,11H,4-5,10,18H2,1-3H3/t11-/m0/s1. The molecular weight excluding hydrogens is 286 g/mol. The molecule has 2 N–H and O–H groups in total. The predicted molar refractivity (Wildman–Crippen MR) is 85.7 cm³/mol. The number of hydrogen-bond acceptors (Lipinski definition) is 3. The molecule has 114 valence electrons. The molecule has 21 heavy (non-hydrogen) atoms. The van der Waals surface area contributed by atoms with Gasteiger partial charge in [0.25, 0.3) is 0 Å². The van der Waals surface area contributed by atoms with Gasteiger partial charge in [0.05, 0.1) is 11.4 Å². The van der Waals surface area contributed by atoms with E-state index < -0.39 is 0 Å². The molecule has 0 bridgehead atoms. The number of aryl methyl sites for hydroxylation is 2. The van der Waals surface area contributed by atoms with Crippen molar-refractivity contribution < 1.29 is 4.74 Å². The summed E-state index contributed by atoms with van der Waals surface area (Å²) in [4.78, 5) is 0. The summed E-state index contributed by atoms with van der Waals surface area (Å²) in [7, 11) is 0. The van der Waals surface area contributed by atoms with Gasteiger partial charge < -0.3 is 10.5 Å². The third-order valence-electron chi connectivity index (χ3n) is 3.41. The smallest absolute Gasteiger partial charge is 0.130 e. The van der Waals surface area contributed by atoms with E-state index in [0.717, 1.165) is 35.7 Å². The highest BCUT2D eigenvalue weighted by atomic mass is 35.5. The van der Waals surface area contributed by atoms with Crippen molar-refractivity contribution in [3.63, 3.8) is 0 Å². The molecule has 0 unspecified atom stereocenters. The molecule has 0 amide bonds. The highest BCUT2D eigenvalue weighted by molar-refractivity contribution is 6.30. The van der Waals surface area contributed by atoms with Crippen molar-refractivity contribution in [2.24, 2.45) is 5.73 Å². The lowest BCUT2D eigenvalue weighted by Gasteiger charge is -2.14. The van der Waals surface area contributed by atoms with Crippen LogP contribution in [0.4, 0.5) is 0 Å². The zero-order valence-electron chi connectivity index (χ0n) is 12.8. The Balaban J connectivity index is 2.18. The van der Waals surface area contributed by atoms with E-state index in [-0.39, 0.29) is 6.04 Å². The first-order valence-electron chi connectivity index (χ1n) is 7.28. The van der Waals surface area contributed by atoms with Crippen molar-refractivity contribution in [1.82, 2.24) is 9.78 Å². The maximum absolute atomic E-state index is 6.02. The summed E-state index contributed by atoms with van der Waals surface area (Å²) < 4.78 is 7.91. The molecule has 0 spiro atoms. The zero-order chi connectivity index (χ0) is 15.4. The molecule has 0 fully saturated rings. The summed E-state index contributed by atoms with van der Waals surface area (Å²) in [5.74, 6) is 0.774. The lowest BCUT2D eigenvalue weighted by molar-refractivity contribution is 0.288.